The predicted octanol–water partition coefficient (Wildman–Crippen LogP) is 2.71. The Labute approximate surface area is 118 Å². The van der Waals surface area contributed by atoms with Crippen LogP contribution in [0.15, 0.2) is 11.4 Å². The van der Waals surface area contributed by atoms with Gasteiger partial charge in [0, 0.05) is 0 Å². The van der Waals surface area contributed by atoms with Crippen molar-refractivity contribution in [1.82, 2.24) is 0 Å². The third-order valence-corrected chi connectivity index (χ3v) is 4.59. The first kappa shape index (κ1) is 16.0. The number of methoxy groups -OCH3 is 1. The molecule has 0 saturated heterocycles. The molecule has 1 N–H and O–H groups in total. The fourth-order valence-electron chi connectivity index (χ4n) is 1.30. The van der Waals surface area contributed by atoms with E-state index in [0.29, 0.717) is 6.42 Å². The topological polar surface area (TPSA) is 72.5 Å². The Hall–Kier alpha value is -1.08. The highest BCUT2D eigenvalue weighted by Crippen LogP contribution is 2.25. The number of ether oxygens (including phenoxy) is 1. The fraction of sp³-hybridized carbons (Fsp3) is 0.583. The van der Waals surface area contributed by atoms with Crippen LogP contribution < -0.4 is 4.72 Å². The molecule has 0 aliphatic carbocycles. The molecule has 0 amide bonds. The van der Waals surface area contributed by atoms with Gasteiger partial charge in [-0.1, -0.05) is 20.8 Å². The molecule has 0 aromatic carbocycles. The van der Waals surface area contributed by atoms with Gasteiger partial charge in [0.15, 0.2) is 0 Å². The van der Waals surface area contributed by atoms with Crippen molar-refractivity contribution in [2.24, 2.45) is 5.41 Å². The summed E-state index contributed by atoms with van der Waals surface area (Å²) in [6.07, 6.45) is 0.542. The van der Waals surface area contributed by atoms with Gasteiger partial charge >= 0.3 is 5.97 Å². The number of anilines is 1. The molecule has 0 fully saturated rings. The second-order valence-corrected chi connectivity index (χ2v) is 8.14. The summed E-state index contributed by atoms with van der Waals surface area (Å²) in [5.74, 6) is -0.518. The van der Waals surface area contributed by atoms with Crippen molar-refractivity contribution in [3.05, 3.63) is 16.3 Å². The molecule has 19 heavy (non-hydrogen) atoms. The number of carbonyl (C=O) groups is 1. The number of nitrogens with one attached hydrogen (secondary N) is 1. The Bertz CT molecular complexity index is 540. The number of carbonyl (C=O) groups excluding carboxylic acids is 1. The van der Waals surface area contributed by atoms with Crippen molar-refractivity contribution in [1.29, 1.82) is 0 Å². The SMILES string of the molecule is COC(=O)c1sccc1NS(=O)(=O)CCC(C)(C)C. The van der Waals surface area contributed by atoms with Crippen LogP contribution in [0.1, 0.15) is 36.9 Å². The number of rotatable bonds is 5. The average Bonchev–Trinajstić information content (AvgIpc) is 2.72. The molecule has 0 aliphatic heterocycles. The van der Waals surface area contributed by atoms with E-state index in [-0.39, 0.29) is 21.7 Å². The lowest BCUT2D eigenvalue weighted by atomic mass is 9.94. The predicted molar refractivity (Wildman–Crippen MR) is 77.1 cm³/mol. The maximum Gasteiger partial charge on any atom is 0.350 e. The molecule has 0 atom stereocenters. The standard InChI is InChI=1S/C12H19NO4S2/c1-12(2,3)6-8-19(15,16)13-9-5-7-18-10(9)11(14)17-4/h5,7,13H,6,8H2,1-4H3. The first-order valence-electron chi connectivity index (χ1n) is 5.81. The van der Waals surface area contributed by atoms with Crippen molar-refractivity contribution in [3.63, 3.8) is 0 Å². The highest BCUT2D eigenvalue weighted by atomic mass is 32.2. The maximum absolute atomic E-state index is 11.9. The molecule has 0 bridgehead atoms. The first-order chi connectivity index (χ1) is 8.64. The van der Waals surface area contributed by atoms with E-state index in [4.69, 9.17) is 0 Å². The van der Waals surface area contributed by atoms with Crippen LogP contribution in [0.4, 0.5) is 5.69 Å². The first-order valence-corrected chi connectivity index (χ1v) is 8.34. The molecule has 1 rings (SSSR count). The summed E-state index contributed by atoms with van der Waals surface area (Å²) in [4.78, 5) is 11.7. The highest BCUT2D eigenvalue weighted by Gasteiger charge is 2.21. The van der Waals surface area contributed by atoms with Crippen molar-refractivity contribution in [2.75, 3.05) is 17.6 Å². The van der Waals surface area contributed by atoms with Crippen LogP contribution in [-0.4, -0.2) is 27.2 Å². The van der Waals surface area contributed by atoms with Gasteiger partial charge in [-0.3, -0.25) is 4.72 Å². The fourth-order valence-corrected chi connectivity index (χ4v) is 3.62. The monoisotopic (exact) mass is 305 g/mol. The van der Waals surface area contributed by atoms with Crippen molar-refractivity contribution in [3.8, 4) is 0 Å². The Morgan fingerprint density at radius 3 is 2.58 bits per heavy atom. The summed E-state index contributed by atoms with van der Waals surface area (Å²) in [6.45, 7) is 5.94. The minimum Gasteiger partial charge on any atom is -0.465 e. The molecule has 0 radical (unpaired) electrons. The minimum absolute atomic E-state index is 0.0208. The molecule has 0 saturated carbocycles. The second kappa shape index (κ2) is 5.92. The Morgan fingerprint density at radius 1 is 1.42 bits per heavy atom. The lowest BCUT2D eigenvalue weighted by Gasteiger charge is -2.18. The molecule has 0 spiro atoms. The number of esters is 1. The van der Waals surface area contributed by atoms with E-state index >= 15 is 0 Å². The van der Waals surface area contributed by atoms with Gasteiger partial charge in [0.1, 0.15) is 4.88 Å². The van der Waals surface area contributed by atoms with E-state index in [9.17, 15) is 13.2 Å². The number of hydrogen-bond acceptors (Lipinski definition) is 5. The van der Waals surface area contributed by atoms with Crippen LogP contribution in [0.25, 0.3) is 0 Å². The van der Waals surface area contributed by atoms with Crippen LogP contribution in [0.2, 0.25) is 0 Å². The summed E-state index contributed by atoms with van der Waals surface area (Å²) in [5.41, 5.74) is 0.222. The Balaban J connectivity index is 2.79. The molecule has 7 heteroatoms. The quantitative estimate of drug-likeness (QED) is 0.849. The normalized spacial score (nSPS) is 12.2. The molecule has 1 aromatic heterocycles. The van der Waals surface area contributed by atoms with Crippen LogP contribution in [0.5, 0.6) is 0 Å². The van der Waals surface area contributed by atoms with Crippen molar-refractivity contribution in [2.45, 2.75) is 27.2 Å². The van der Waals surface area contributed by atoms with Gasteiger partial charge in [-0.2, -0.15) is 0 Å². The summed E-state index contributed by atoms with van der Waals surface area (Å²) in [7, 11) is -2.19. The van der Waals surface area contributed by atoms with Gasteiger partial charge in [-0.05, 0) is 23.3 Å². The van der Waals surface area contributed by atoms with E-state index in [2.05, 4.69) is 9.46 Å². The van der Waals surface area contributed by atoms with Gasteiger partial charge < -0.3 is 4.74 Å². The number of hydrogen-bond donors (Lipinski definition) is 1. The molecule has 108 valence electrons. The van der Waals surface area contributed by atoms with E-state index in [1.807, 2.05) is 20.8 Å². The maximum atomic E-state index is 11.9. The van der Waals surface area contributed by atoms with Crippen molar-refractivity contribution >= 4 is 33.0 Å². The zero-order chi connectivity index (χ0) is 14.7. The van der Waals surface area contributed by atoms with E-state index in [0.717, 1.165) is 11.3 Å². The molecule has 0 unspecified atom stereocenters. The Kier molecular flexibility index (Phi) is 4.98. The van der Waals surface area contributed by atoms with Gasteiger partial charge in [0.05, 0.1) is 18.6 Å². The van der Waals surface area contributed by atoms with Crippen LogP contribution in [0.3, 0.4) is 0 Å². The minimum atomic E-state index is -3.45. The van der Waals surface area contributed by atoms with E-state index < -0.39 is 16.0 Å². The Morgan fingerprint density at radius 2 is 2.05 bits per heavy atom. The van der Waals surface area contributed by atoms with Gasteiger partial charge in [-0.15, -0.1) is 11.3 Å². The van der Waals surface area contributed by atoms with E-state index in [1.54, 1.807) is 11.4 Å². The lowest BCUT2D eigenvalue weighted by Crippen LogP contribution is -2.21. The smallest absolute Gasteiger partial charge is 0.350 e. The molecular weight excluding hydrogens is 286 g/mol. The summed E-state index contributed by atoms with van der Waals surface area (Å²) >= 11 is 1.15. The van der Waals surface area contributed by atoms with E-state index in [1.165, 1.54) is 7.11 Å². The highest BCUT2D eigenvalue weighted by molar-refractivity contribution is 7.92. The number of thiophene rings is 1. The molecule has 5 nitrogen and oxygen atoms in total. The summed E-state index contributed by atoms with van der Waals surface area (Å²) < 4.78 is 30.9. The largest absolute Gasteiger partial charge is 0.465 e. The van der Waals surface area contributed by atoms with Gasteiger partial charge in [-0.25, -0.2) is 13.2 Å². The molecule has 1 aromatic rings. The lowest BCUT2D eigenvalue weighted by molar-refractivity contribution is 0.0607. The van der Waals surface area contributed by atoms with Crippen LogP contribution in [-0.2, 0) is 14.8 Å². The third-order valence-electron chi connectivity index (χ3n) is 2.42. The van der Waals surface area contributed by atoms with Gasteiger partial charge in [0.25, 0.3) is 0 Å². The van der Waals surface area contributed by atoms with Gasteiger partial charge in [0.2, 0.25) is 10.0 Å². The molecular formula is C12H19NO4S2. The second-order valence-electron chi connectivity index (χ2n) is 5.39. The molecule has 0 aliphatic rings. The average molecular weight is 305 g/mol. The zero-order valence-electron chi connectivity index (χ0n) is 11.5. The number of sulfonamides is 1. The molecule has 1 heterocycles. The summed E-state index contributed by atoms with van der Waals surface area (Å²) in [5, 5.41) is 1.65. The summed E-state index contributed by atoms with van der Waals surface area (Å²) in [6, 6.07) is 1.56. The zero-order valence-corrected chi connectivity index (χ0v) is 13.2. The third kappa shape index (κ3) is 5.20. The van der Waals surface area contributed by atoms with Crippen LogP contribution in [0, 0.1) is 5.41 Å². The van der Waals surface area contributed by atoms with Crippen molar-refractivity contribution < 1.29 is 17.9 Å². The van der Waals surface area contributed by atoms with Crippen LogP contribution >= 0.6 is 11.3 Å².